The molecule has 0 aliphatic rings. The molecule has 2 atom stereocenters. The first-order valence-corrected chi connectivity index (χ1v) is 6.81. The van der Waals surface area contributed by atoms with Gasteiger partial charge in [-0.1, -0.05) is 53.4 Å². The Bertz CT molecular complexity index is 131. The highest BCUT2D eigenvalue weighted by Crippen LogP contribution is 2.10. The molecule has 0 saturated carbocycles. The Morgan fingerprint density at radius 1 is 0.933 bits per heavy atom. The lowest BCUT2D eigenvalue weighted by atomic mass is 10.0. The monoisotopic (exact) mass is 213 g/mol. The summed E-state index contributed by atoms with van der Waals surface area (Å²) in [6.07, 6.45) is 6.96. The van der Waals surface area contributed by atoms with Crippen LogP contribution in [0.15, 0.2) is 0 Å². The predicted octanol–water partition coefficient (Wildman–Crippen LogP) is 4.23. The van der Waals surface area contributed by atoms with Crippen molar-refractivity contribution >= 4 is 0 Å². The van der Waals surface area contributed by atoms with Crippen molar-refractivity contribution in [3.8, 4) is 0 Å². The zero-order valence-electron chi connectivity index (χ0n) is 11.5. The Labute approximate surface area is 97.0 Å². The highest BCUT2D eigenvalue weighted by Gasteiger charge is 2.08. The van der Waals surface area contributed by atoms with Gasteiger partial charge in [-0.25, -0.2) is 0 Å². The lowest BCUT2D eigenvalue weighted by Gasteiger charge is -2.20. The summed E-state index contributed by atoms with van der Waals surface area (Å²) in [5.74, 6) is 1.58. The molecule has 0 aliphatic carbocycles. The van der Waals surface area contributed by atoms with Crippen molar-refractivity contribution in [2.24, 2.45) is 11.8 Å². The first-order chi connectivity index (χ1) is 7.07. The van der Waals surface area contributed by atoms with Crippen LogP contribution < -0.4 is 5.32 Å². The smallest absolute Gasteiger partial charge is 0.00618 e. The van der Waals surface area contributed by atoms with E-state index in [1.54, 1.807) is 0 Å². The van der Waals surface area contributed by atoms with Gasteiger partial charge in [0, 0.05) is 6.04 Å². The van der Waals surface area contributed by atoms with Gasteiger partial charge < -0.3 is 5.32 Å². The second-order valence-corrected chi connectivity index (χ2v) is 5.40. The van der Waals surface area contributed by atoms with Crippen LogP contribution in [0.25, 0.3) is 0 Å². The number of hydrogen-bond acceptors (Lipinski definition) is 1. The fourth-order valence-corrected chi connectivity index (χ4v) is 1.64. The van der Waals surface area contributed by atoms with E-state index in [1.165, 1.54) is 38.6 Å². The summed E-state index contributed by atoms with van der Waals surface area (Å²) >= 11 is 0. The normalized spacial score (nSPS) is 15.6. The summed E-state index contributed by atoms with van der Waals surface area (Å²) in [6.45, 7) is 12.7. The second-order valence-electron chi connectivity index (χ2n) is 5.40. The van der Waals surface area contributed by atoms with E-state index in [1.807, 2.05) is 0 Å². The van der Waals surface area contributed by atoms with E-state index in [2.05, 4.69) is 39.9 Å². The van der Waals surface area contributed by atoms with Crippen molar-refractivity contribution < 1.29 is 0 Å². The van der Waals surface area contributed by atoms with E-state index in [4.69, 9.17) is 0 Å². The van der Waals surface area contributed by atoms with Gasteiger partial charge in [0.2, 0.25) is 0 Å². The van der Waals surface area contributed by atoms with Crippen molar-refractivity contribution in [1.82, 2.24) is 5.32 Å². The molecule has 1 N–H and O–H groups in total. The maximum atomic E-state index is 3.62. The fraction of sp³-hybridized carbons (Fsp3) is 1.00. The molecule has 2 unspecified atom stereocenters. The van der Waals surface area contributed by atoms with Crippen LogP contribution >= 0.6 is 0 Å². The standard InChI is InChI=1S/C14H31N/c1-6-7-8-9-10-13(4)11-15-14(5)12(2)3/h12-15H,6-11H2,1-5H3. The third-order valence-electron chi connectivity index (χ3n) is 3.34. The molecule has 0 bridgehead atoms. The Hall–Kier alpha value is -0.0400. The molecule has 0 spiro atoms. The number of unbranched alkanes of at least 4 members (excludes halogenated alkanes) is 3. The molecule has 1 nitrogen and oxygen atoms in total. The minimum absolute atomic E-state index is 0.656. The van der Waals surface area contributed by atoms with Crippen molar-refractivity contribution in [3.05, 3.63) is 0 Å². The van der Waals surface area contributed by atoms with Crippen LogP contribution in [-0.2, 0) is 0 Å². The molecule has 0 heterocycles. The summed E-state index contributed by atoms with van der Waals surface area (Å²) in [4.78, 5) is 0. The maximum Gasteiger partial charge on any atom is 0.00618 e. The first-order valence-electron chi connectivity index (χ1n) is 6.81. The van der Waals surface area contributed by atoms with E-state index < -0.39 is 0 Å². The lowest BCUT2D eigenvalue weighted by molar-refractivity contribution is 0.375. The number of rotatable bonds is 9. The molecular formula is C14H31N. The zero-order valence-corrected chi connectivity index (χ0v) is 11.5. The Morgan fingerprint density at radius 3 is 2.13 bits per heavy atom. The van der Waals surface area contributed by atoms with Gasteiger partial charge >= 0.3 is 0 Å². The largest absolute Gasteiger partial charge is 0.314 e. The summed E-state index contributed by atoms with van der Waals surface area (Å²) in [7, 11) is 0. The minimum atomic E-state index is 0.656. The van der Waals surface area contributed by atoms with E-state index >= 15 is 0 Å². The molecule has 0 aromatic carbocycles. The maximum absolute atomic E-state index is 3.62. The van der Waals surface area contributed by atoms with Crippen molar-refractivity contribution in [1.29, 1.82) is 0 Å². The molecule has 92 valence electrons. The van der Waals surface area contributed by atoms with Crippen LogP contribution in [0.2, 0.25) is 0 Å². The summed E-state index contributed by atoms with van der Waals surface area (Å²) < 4.78 is 0. The van der Waals surface area contributed by atoms with Crippen LogP contribution in [0.1, 0.15) is 66.7 Å². The number of nitrogens with one attached hydrogen (secondary N) is 1. The Balaban J connectivity index is 3.36. The lowest BCUT2D eigenvalue weighted by Crippen LogP contribution is -2.34. The van der Waals surface area contributed by atoms with Gasteiger partial charge in [-0.2, -0.15) is 0 Å². The van der Waals surface area contributed by atoms with Crippen LogP contribution in [-0.4, -0.2) is 12.6 Å². The molecular weight excluding hydrogens is 182 g/mol. The third kappa shape index (κ3) is 8.92. The molecule has 0 saturated heterocycles. The molecule has 0 amide bonds. The molecule has 1 heteroatoms. The topological polar surface area (TPSA) is 12.0 Å². The fourth-order valence-electron chi connectivity index (χ4n) is 1.64. The van der Waals surface area contributed by atoms with Gasteiger partial charge in [0.25, 0.3) is 0 Å². The van der Waals surface area contributed by atoms with Gasteiger partial charge in [-0.3, -0.25) is 0 Å². The first kappa shape index (κ1) is 15.0. The predicted molar refractivity (Wildman–Crippen MR) is 70.2 cm³/mol. The molecule has 0 fully saturated rings. The average molecular weight is 213 g/mol. The Morgan fingerprint density at radius 2 is 1.60 bits per heavy atom. The van der Waals surface area contributed by atoms with Gasteiger partial charge in [0.05, 0.1) is 0 Å². The van der Waals surface area contributed by atoms with Crippen LogP contribution in [0.4, 0.5) is 0 Å². The van der Waals surface area contributed by atoms with Gasteiger partial charge in [-0.05, 0) is 31.7 Å². The van der Waals surface area contributed by atoms with Crippen LogP contribution in [0.5, 0.6) is 0 Å². The van der Waals surface area contributed by atoms with Crippen molar-refractivity contribution in [2.75, 3.05) is 6.54 Å². The van der Waals surface area contributed by atoms with Crippen molar-refractivity contribution in [3.63, 3.8) is 0 Å². The van der Waals surface area contributed by atoms with Crippen LogP contribution in [0.3, 0.4) is 0 Å². The highest BCUT2D eigenvalue weighted by molar-refractivity contribution is 4.66. The SMILES string of the molecule is CCCCCCC(C)CNC(C)C(C)C. The quantitative estimate of drug-likeness (QED) is 0.565. The van der Waals surface area contributed by atoms with Gasteiger partial charge in [0.15, 0.2) is 0 Å². The van der Waals surface area contributed by atoms with Crippen molar-refractivity contribution in [2.45, 2.75) is 72.8 Å². The van der Waals surface area contributed by atoms with E-state index in [9.17, 15) is 0 Å². The van der Waals surface area contributed by atoms with Gasteiger partial charge in [-0.15, -0.1) is 0 Å². The third-order valence-corrected chi connectivity index (χ3v) is 3.34. The second kappa shape index (κ2) is 9.21. The molecule has 0 rings (SSSR count). The van der Waals surface area contributed by atoms with Crippen LogP contribution in [0, 0.1) is 11.8 Å². The molecule has 0 aliphatic heterocycles. The zero-order chi connectivity index (χ0) is 11.7. The summed E-state index contributed by atoms with van der Waals surface area (Å²) in [5, 5.41) is 3.62. The van der Waals surface area contributed by atoms with E-state index in [0.717, 1.165) is 11.8 Å². The summed E-state index contributed by atoms with van der Waals surface area (Å²) in [6, 6.07) is 0.656. The molecule has 0 aromatic heterocycles. The van der Waals surface area contributed by atoms with Gasteiger partial charge in [0.1, 0.15) is 0 Å². The highest BCUT2D eigenvalue weighted by atomic mass is 14.9. The minimum Gasteiger partial charge on any atom is -0.314 e. The molecule has 0 aromatic rings. The summed E-state index contributed by atoms with van der Waals surface area (Å²) in [5.41, 5.74) is 0. The van der Waals surface area contributed by atoms with E-state index in [-0.39, 0.29) is 0 Å². The molecule has 0 radical (unpaired) electrons. The molecule has 15 heavy (non-hydrogen) atoms. The average Bonchev–Trinajstić information content (AvgIpc) is 2.20. The van der Waals surface area contributed by atoms with E-state index in [0.29, 0.717) is 6.04 Å². The number of hydrogen-bond donors (Lipinski definition) is 1. The Kier molecular flexibility index (Phi) is 9.18.